The van der Waals surface area contributed by atoms with Crippen molar-refractivity contribution >= 4 is 5.91 Å². The van der Waals surface area contributed by atoms with Crippen LogP contribution in [-0.2, 0) is 9.53 Å². The Morgan fingerprint density at radius 1 is 1.33 bits per heavy atom. The lowest BCUT2D eigenvalue weighted by molar-refractivity contribution is -0.134. The van der Waals surface area contributed by atoms with Crippen molar-refractivity contribution in [3.63, 3.8) is 0 Å². The van der Waals surface area contributed by atoms with Gasteiger partial charge in [0.25, 0.3) is 5.91 Å². The summed E-state index contributed by atoms with van der Waals surface area (Å²) < 4.78 is 5.23. The van der Waals surface area contributed by atoms with Gasteiger partial charge in [-0.25, -0.2) is 0 Å². The third-order valence-electron chi connectivity index (χ3n) is 3.07. The Balaban J connectivity index is 2.82. The molecule has 0 heterocycles. The van der Waals surface area contributed by atoms with Gasteiger partial charge in [-0.1, -0.05) is 30.3 Å². The van der Waals surface area contributed by atoms with Crippen molar-refractivity contribution in [2.45, 2.75) is 38.5 Å². The average molecular weight is 251 g/mol. The first kappa shape index (κ1) is 14.7. The van der Waals surface area contributed by atoms with Crippen LogP contribution in [0.1, 0.15) is 32.4 Å². The van der Waals surface area contributed by atoms with E-state index in [1.807, 2.05) is 30.3 Å². The van der Waals surface area contributed by atoms with E-state index in [0.29, 0.717) is 0 Å². The molecule has 2 unspecified atom stereocenters. The number of benzene rings is 1. The molecule has 0 aliphatic rings. The minimum atomic E-state index is -0.692. The maximum atomic E-state index is 12.1. The van der Waals surface area contributed by atoms with E-state index >= 15 is 0 Å². The summed E-state index contributed by atoms with van der Waals surface area (Å²) in [4.78, 5) is 12.1. The molecule has 0 radical (unpaired) electrons. The monoisotopic (exact) mass is 251 g/mol. The number of methoxy groups -OCH3 is 1. The summed E-state index contributed by atoms with van der Waals surface area (Å²) in [6.45, 7) is 5.19. The lowest BCUT2D eigenvalue weighted by Crippen LogP contribution is -2.52. The van der Waals surface area contributed by atoms with E-state index in [2.05, 4.69) is 5.32 Å². The average Bonchev–Trinajstić information content (AvgIpc) is 2.30. The summed E-state index contributed by atoms with van der Waals surface area (Å²) in [5.41, 5.74) is 0.0988. The molecule has 0 bridgehead atoms. The number of hydrogen-bond acceptors (Lipinski definition) is 3. The normalized spacial score (nSPS) is 14.9. The second kappa shape index (κ2) is 5.98. The molecule has 0 fully saturated rings. The number of rotatable bonds is 5. The van der Waals surface area contributed by atoms with E-state index in [4.69, 9.17) is 4.74 Å². The van der Waals surface area contributed by atoms with Crippen molar-refractivity contribution in [2.75, 3.05) is 7.11 Å². The Morgan fingerprint density at radius 3 is 2.33 bits per heavy atom. The van der Waals surface area contributed by atoms with Crippen LogP contribution in [0.15, 0.2) is 30.3 Å². The summed E-state index contributed by atoms with van der Waals surface area (Å²) in [6, 6.07) is 9.27. The summed E-state index contributed by atoms with van der Waals surface area (Å²) in [6.07, 6.45) is -1.31. The number of amides is 1. The van der Waals surface area contributed by atoms with Gasteiger partial charge in [0, 0.05) is 7.11 Å². The van der Waals surface area contributed by atoms with Crippen LogP contribution in [0.4, 0.5) is 0 Å². The number of aliphatic hydroxyl groups is 1. The zero-order chi connectivity index (χ0) is 13.8. The fourth-order valence-electron chi connectivity index (χ4n) is 1.51. The molecule has 1 aromatic rings. The van der Waals surface area contributed by atoms with Gasteiger partial charge in [-0.2, -0.15) is 0 Å². The Labute approximate surface area is 108 Å². The van der Waals surface area contributed by atoms with Gasteiger partial charge in [0.05, 0.1) is 11.6 Å². The summed E-state index contributed by atoms with van der Waals surface area (Å²) in [5.74, 6) is -0.255. The van der Waals surface area contributed by atoms with Crippen LogP contribution in [0.25, 0.3) is 0 Å². The predicted octanol–water partition coefficient (Wildman–Crippen LogP) is 1.65. The van der Waals surface area contributed by atoms with Gasteiger partial charge < -0.3 is 15.2 Å². The Morgan fingerprint density at radius 2 is 1.89 bits per heavy atom. The smallest absolute Gasteiger partial charge is 0.254 e. The van der Waals surface area contributed by atoms with Crippen molar-refractivity contribution in [3.05, 3.63) is 35.9 Å². The molecule has 1 amide bonds. The highest BCUT2D eigenvalue weighted by molar-refractivity contribution is 5.82. The standard InChI is InChI=1S/C14H21NO3/c1-10(16)14(2,3)15-13(17)12(18-4)11-8-6-5-7-9-11/h5-10,12,16H,1-4H3,(H,15,17). The molecule has 0 aliphatic carbocycles. The highest BCUT2D eigenvalue weighted by atomic mass is 16.5. The highest BCUT2D eigenvalue weighted by Gasteiger charge is 2.30. The van der Waals surface area contributed by atoms with E-state index in [0.717, 1.165) is 5.56 Å². The van der Waals surface area contributed by atoms with Crippen LogP contribution in [0.3, 0.4) is 0 Å². The molecule has 0 aliphatic heterocycles. The van der Waals surface area contributed by atoms with Gasteiger partial charge in [-0.3, -0.25) is 4.79 Å². The Bertz CT molecular complexity index is 387. The number of carbonyl (C=O) groups is 1. The zero-order valence-corrected chi connectivity index (χ0v) is 11.3. The SMILES string of the molecule is COC(C(=O)NC(C)(C)C(C)O)c1ccccc1. The first-order valence-corrected chi connectivity index (χ1v) is 5.96. The first-order chi connectivity index (χ1) is 8.38. The maximum Gasteiger partial charge on any atom is 0.254 e. The maximum absolute atomic E-state index is 12.1. The summed E-state index contributed by atoms with van der Waals surface area (Å²) >= 11 is 0. The summed E-state index contributed by atoms with van der Waals surface area (Å²) in [7, 11) is 1.49. The van der Waals surface area contributed by atoms with E-state index in [1.165, 1.54) is 7.11 Å². The van der Waals surface area contributed by atoms with Gasteiger partial charge in [-0.15, -0.1) is 0 Å². The second-order valence-corrected chi connectivity index (χ2v) is 4.91. The van der Waals surface area contributed by atoms with Gasteiger partial charge >= 0.3 is 0 Å². The van der Waals surface area contributed by atoms with Crippen LogP contribution < -0.4 is 5.32 Å². The van der Waals surface area contributed by atoms with Gasteiger partial charge in [0.15, 0.2) is 6.10 Å². The van der Waals surface area contributed by atoms with Crippen molar-refractivity contribution < 1.29 is 14.6 Å². The molecule has 4 nitrogen and oxygen atoms in total. The molecular formula is C14H21NO3. The Hall–Kier alpha value is -1.39. The molecular weight excluding hydrogens is 230 g/mol. The van der Waals surface area contributed by atoms with E-state index in [-0.39, 0.29) is 5.91 Å². The number of ether oxygens (including phenoxy) is 1. The largest absolute Gasteiger partial charge is 0.391 e. The van der Waals surface area contributed by atoms with Crippen molar-refractivity contribution in [2.24, 2.45) is 0 Å². The van der Waals surface area contributed by atoms with Crippen LogP contribution >= 0.6 is 0 Å². The third-order valence-corrected chi connectivity index (χ3v) is 3.07. The van der Waals surface area contributed by atoms with E-state index in [1.54, 1.807) is 20.8 Å². The van der Waals surface area contributed by atoms with Gasteiger partial charge in [-0.05, 0) is 26.3 Å². The van der Waals surface area contributed by atoms with E-state index in [9.17, 15) is 9.90 Å². The van der Waals surface area contributed by atoms with Gasteiger partial charge in [0.2, 0.25) is 0 Å². The summed E-state index contributed by atoms with van der Waals surface area (Å²) in [5, 5.41) is 12.4. The lowest BCUT2D eigenvalue weighted by atomic mass is 9.97. The number of carbonyl (C=O) groups excluding carboxylic acids is 1. The van der Waals surface area contributed by atoms with Crippen LogP contribution in [0, 0.1) is 0 Å². The number of nitrogens with one attached hydrogen (secondary N) is 1. The van der Waals surface area contributed by atoms with Gasteiger partial charge in [0.1, 0.15) is 0 Å². The van der Waals surface area contributed by atoms with E-state index < -0.39 is 17.7 Å². The third kappa shape index (κ3) is 3.55. The molecule has 0 aromatic heterocycles. The fraction of sp³-hybridized carbons (Fsp3) is 0.500. The second-order valence-electron chi connectivity index (χ2n) is 4.91. The zero-order valence-electron chi connectivity index (χ0n) is 11.3. The minimum absolute atomic E-state index is 0.255. The molecule has 1 aromatic carbocycles. The molecule has 4 heteroatoms. The number of hydrogen-bond donors (Lipinski definition) is 2. The molecule has 0 saturated heterocycles. The topological polar surface area (TPSA) is 58.6 Å². The molecule has 0 spiro atoms. The first-order valence-electron chi connectivity index (χ1n) is 5.96. The molecule has 2 atom stereocenters. The molecule has 100 valence electrons. The fourth-order valence-corrected chi connectivity index (χ4v) is 1.51. The van der Waals surface area contributed by atoms with Crippen LogP contribution in [-0.4, -0.2) is 29.8 Å². The Kier molecular flexibility index (Phi) is 4.87. The highest BCUT2D eigenvalue weighted by Crippen LogP contribution is 2.18. The predicted molar refractivity (Wildman–Crippen MR) is 70.1 cm³/mol. The number of aliphatic hydroxyl groups excluding tert-OH is 1. The van der Waals surface area contributed by atoms with Crippen LogP contribution in [0.5, 0.6) is 0 Å². The molecule has 2 N–H and O–H groups in total. The molecule has 0 saturated carbocycles. The molecule has 1 rings (SSSR count). The molecule has 18 heavy (non-hydrogen) atoms. The van der Waals surface area contributed by atoms with Crippen molar-refractivity contribution in [3.8, 4) is 0 Å². The van der Waals surface area contributed by atoms with Crippen molar-refractivity contribution in [1.82, 2.24) is 5.32 Å². The quantitative estimate of drug-likeness (QED) is 0.836. The lowest BCUT2D eigenvalue weighted by Gasteiger charge is -2.31. The minimum Gasteiger partial charge on any atom is -0.391 e. The van der Waals surface area contributed by atoms with Crippen LogP contribution in [0.2, 0.25) is 0 Å². The van der Waals surface area contributed by atoms with Crippen molar-refractivity contribution in [1.29, 1.82) is 0 Å².